The predicted octanol–water partition coefficient (Wildman–Crippen LogP) is 4.90. The molecule has 2 rings (SSSR count). The van der Waals surface area contributed by atoms with Crippen LogP contribution in [0.1, 0.15) is 92.9 Å². The molecule has 2 fully saturated rings. The van der Waals surface area contributed by atoms with Crippen molar-refractivity contribution in [3.05, 3.63) is 0 Å². The highest BCUT2D eigenvalue weighted by molar-refractivity contribution is 5.54. The van der Waals surface area contributed by atoms with E-state index < -0.39 is 0 Å². The fourth-order valence-corrected chi connectivity index (χ4v) is 5.58. The van der Waals surface area contributed by atoms with Crippen LogP contribution in [0.5, 0.6) is 0 Å². The second-order valence-corrected chi connectivity index (χ2v) is 8.99. The molecule has 0 amide bonds. The largest absolute Gasteiger partial charge is 0.393 e. The summed E-state index contributed by atoms with van der Waals surface area (Å²) in [7, 11) is 0. The van der Waals surface area contributed by atoms with E-state index in [1.165, 1.54) is 0 Å². The van der Waals surface area contributed by atoms with Crippen LogP contribution in [0.25, 0.3) is 0 Å². The molecular weight excluding hydrogens is 300 g/mol. The normalized spacial score (nSPS) is 37.3. The van der Waals surface area contributed by atoms with Gasteiger partial charge in [0, 0.05) is 18.8 Å². The smallest absolute Gasteiger partial charge is 0.123 e. The molecule has 0 aromatic carbocycles. The summed E-state index contributed by atoms with van der Waals surface area (Å²) in [6, 6.07) is 0. The number of hydrogen-bond acceptors (Lipinski definition) is 3. The van der Waals surface area contributed by atoms with Gasteiger partial charge in [0.1, 0.15) is 6.29 Å². The maximum absolute atomic E-state index is 11.8. The molecule has 2 saturated heterocycles. The molecular formula is C21H38O3. The third-order valence-electron chi connectivity index (χ3n) is 8.22. The molecule has 2 unspecified atom stereocenters. The van der Waals surface area contributed by atoms with Crippen LogP contribution in [0, 0.1) is 16.7 Å². The first-order valence-electron chi connectivity index (χ1n) is 10.0. The zero-order valence-corrected chi connectivity index (χ0v) is 16.7. The molecule has 0 aliphatic carbocycles. The maximum atomic E-state index is 11.8. The lowest BCUT2D eigenvalue weighted by atomic mass is 9.53. The van der Waals surface area contributed by atoms with Gasteiger partial charge in [-0.2, -0.15) is 0 Å². The quantitative estimate of drug-likeness (QED) is 0.672. The molecule has 2 aliphatic rings. The molecule has 0 saturated carbocycles. The molecule has 3 heteroatoms. The van der Waals surface area contributed by atoms with Crippen LogP contribution >= 0.6 is 0 Å². The topological polar surface area (TPSA) is 46.5 Å². The Bertz CT molecular complexity index is 416. The van der Waals surface area contributed by atoms with Gasteiger partial charge in [-0.15, -0.1) is 0 Å². The van der Waals surface area contributed by atoms with Crippen molar-refractivity contribution in [2.24, 2.45) is 16.7 Å². The highest BCUT2D eigenvalue weighted by Gasteiger charge is 2.64. The molecule has 0 aromatic heterocycles. The average Bonchev–Trinajstić information content (AvgIpc) is 2.58. The molecule has 24 heavy (non-hydrogen) atoms. The first kappa shape index (κ1) is 19.9. The first-order valence-corrected chi connectivity index (χ1v) is 10.0. The third kappa shape index (κ3) is 2.76. The summed E-state index contributed by atoms with van der Waals surface area (Å²) in [4.78, 5) is 11.8. The third-order valence-corrected chi connectivity index (χ3v) is 8.22. The van der Waals surface area contributed by atoms with Crippen molar-refractivity contribution in [3.8, 4) is 0 Å². The highest BCUT2D eigenvalue weighted by atomic mass is 16.5. The summed E-state index contributed by atoms with van der Waals surface area (Å²) >= 11 is 0. The fourth-order valence-electron chi connectivity index (χ4n) is 5.58. The average molecular weight is 339 g/mol. The molecule has 2 atom stereocenters. The fraction of sp³-hybridized carbons (Fsp3) is 0.952. The molecule has 2 bridgehead atoms. The Morgan fingerprint density at radius 1 is 0.917 bits per heavy atom. The van der Waals surface area contributed by atoms with Gasteiger partial charge in [-0.25, -0.2) is 0 Å². The minimum absolute atomic E-state index is 0.0102. The minimum Gasteiger partial charge on any atom is -0.393 e. The van der Waals surface area contributed by atoms with Crippen molar-refractivity contribution in [3.63, 3.8) is 0 Å². The molecule has 2 aliphatic heterocycles. The monoisotopic (exact) mass is 338 g/mol. The van der Waals surface area contributed by atoms with Gasteiger partial charge in [-0.3, -0.25) is 0 Å². The van der Waals surface area contributed by atoms with Crippen LogP contribution in [0.2, 0.25) is 0 Å². The van der Waals surface area contributed by atoms with Crippen LogP contribution in [-0.4, -0.2) is 28.7 Å². The lowest BCUT2D eigenvalue weighted by Gasteiger charge is -2.65. The van der Waals surface area contributed by atoms with E-state index in [4.69, 9.17) is 4.74 Å². The lowest BCUT2D eigenvalue weighted by Crippen LogP contribution is -2.68. The summed E-state index contributed by atoms with van der Waals surface area (Å²) in [6.45, 7) is 13.4. The summed E-state index contributed by atoms with van der Waals surface area (Å²) in [6.07, 6.45) is 7.71. The Kier molecular flexibility index (Phi) is 5.57. The van der Waals surface area contributed by atoms with Crippen LogP contribution < -0.4 is 0 Å². The standard InChI is InChI=1S/C21H38O3/c1-7-18(5,8-2)20-11-16(15-22)12-21(24-20,14-17(23)13-20)19(6,9-3)10-4/h15-17,23H,7-14H2,1-6H3. The van der Waals surface area contributed by atoms with Crippen LogP contribution in [0.3, 0.4) is 0 Å². The maximum Gasteiger partial charge on any atom is 0.123 e. The molecule has 2 heterocycles. The van der Waals surface area contributed by atoms with Gasteiger partial charge in [0.15, 0.2) is 0 Å². The molecule has 0 spiro atoms. The first-order chi connectivity index (χ1) is 11.2. The summed E-state index contributed by atoms with van der Waals surface area (Å²) in [5.74, 6) is 0.0427. The zero-order valence-electron chi connectivity index (χ0n) is 16.7. The van der Waals surface area contributed by atoms with E-state index in [1.54, 1.807) is 0 Å². The summed E-state index contributed by atoms with van der Waals surface area (Å²) in [5.41, 5.74) is -0.791. The number of aliphatic hydroxyl groups excluding tert-OH is 1. The SMILES string of the molecule is CCC(C)(CC)C12CC(O)CC(C(C)(CC)CC)(CC(C=O)C1)O2. The van der Waals surface area contributed by atoms with Gasteiger partial charge in [-0.1, -0.05) is 41.5 Å². The number of ether oxygens (including phenoxy) is 1. The molecule has 0 radical (unpaired) electrons. The Morgan fingerprint density at radius 2 is 1.29 bits per heavy atom. The Hall–Kier alpha value is -0.410. The highest BCUT2D eigenvalue weighted by Crippen LogP contribution is 2.62. The van der Waals surface area contributed by atoms with Gasteiger partial charge in [0.2, 0.25) is 0 Å². The number of hydrogen-bond donors (Lipinski definition) is 1. The van der Waals surface area contributed by atoms with E-state index in [0.29, 0.717) is 12.8 Å². The van der Waals surface area contributed by atoms with Gasteiger partial charge < -0.3 is 14.6 Å². The van der Waals surface area contributed by atoms with Crippen LogP contribution in [-0.2, 0) is 9.53 Å². The van der Waals surface area contributed by atoms with Gasteiger partial charge in [-0.05, 0) is 49.4 Å². The predicted molar refractivity (Wildman–Crippen MR) is 98.0 cm³/mol. The van der Waals surface area contributed by atoms with Crippen LogP contribution in [0.4, 0.5) is 0 Å². The van der Waals surface area contributed by atoms with E-state index in [0.717, 1.165) is 44.8 Å². The van der Waals surface area contributed by atoms with E-state index >= 15 is 0 Å². The molecule has 140 valence electrons. The Balaban J connectivity index is 2.59. The second-order valence-electron chi connectivity index (χ2n) is 8.99. The summed E-state index contributed by atoms with van der Waals surface area (Å²) in [5, 5.41) is 10.8. The van der Waals surface area contributed by atoms with Crippen molar-refractivity contribution in [2.75, 3.05) is 0 Å². The zero-order chi connectivity index (χ0) is 18.2. The number of aldehydes is 1. The summed E-state index contributed by atoms with van der Waals surface area (Å²) < 4.78 is 7.08. The molecule has 1 N–H and O–H groups in total. The van der Waals surface area contributed by atoms with E-state index in [1.807, 2.05) is 0 Å². The number of rotatable bonds is 7. The van der Waals surface area contributed by atoms with E-state index in [9.17, 15) is 9.90 Å². The number of aliphatic hydroxyl groups is 1. The van der Waals surface area contributed by atoms with Gasteiger partial charge in [0.05, 0.1) is 17.3 Å². The van der Waals surface area contributed by atoms with E-state index in [2.05, 4.69) is 41.5 Å². The van der Waals surface area contributed by atoms with Crippen molar-refractivity contribution in [1.82, 2.24) is 0 Å². The van der Waals surface area contributed by atoms with Gasteiger partial charge in [0.25, 0.3) is 0 Å². The van der Waals surface area contributed by atoms with Crippen molar-refractivity contribution >= 4 is 6.29 Å². The van der Waals surface area contributed by atoms with Crippen molar-refractivity contribution < 1.29 is 14.6 Å². The van der Waals surface area contributed by atoms with Crippen molar-refractivity contribution in [2.45, 2.75) is 110 Å². The lowest BCUT2D eigenvalue weighted by molar-refractivity contribution is -0.325. The number of carbonyl (C=O) groups excluding carboxylic acids is 1. The Labute approximate surface area is 148 Å². The van der Waals surface area contributed by atoms with Crippen molar-refractivity contribution in [1.29, 1.82) is 0 Å². The molecule has 0 aromatic rings. The molecule has 3 nitrogen and oxygen atoms in total. The number of fused-ring (bicyclic) bond motifs is 2. The van der Waals surface area contributed by atoms with E-state index in [-0.39, 0.29) is 34.1 Å². The second kappa shape index (κ2) is 6.72. The Morgan fingerprint density at radius 3 is 1.58 bits per heavy atom. The van der Waals surface area contributed by atoms with Crippen LogP contribution in [0.15, 0.2) is 0 Å². The minimum atomic E-state index is -0.385. The van der Waals surface area contributed by atoms with Gasteiger partial charge >= 0.3 is 0 Å². The number of carbonyl (C=O) groups is 1.